The summed E-state index contributed by atoms with van der Waals surface area (Å²) < 4.78 is 11.1. The van der Waals surface area contributed by atoms with Gasteiger partial charge in [-0.05, 0) is 17.7 Å². The van der Waals surface area contributed by atoms with Gasteiger partial charge in [0.25, 0.3) is 0 Å². The summed E-state index contributed by atoms with van der Waals surface area (Å²) in [6.07, 6.45) is 0.607. The highest BCUT2D eigenvalue weighted by atomic mass is 16.5. The van der Waals surface area contributed by atoms with E-state index in [1.54, 1.807) is 24.3 Å². The number of carboxylic acids is 2. The van der Waals surface area contributed by atoms with E-state index < -0.39 is 11.9 Å². The molecule has 0 aliphatic rings. The van der Waals surface area contributed by atoms with Gasteiger partial charge in [-0.25, -0.2) is 9.59 Å². The first-order valence-electron chi connectivity index (χ1n) is 7.11. The number of carbonyl (C=O) groups is 2. The van der Waals surface area contributed by atoms with Crippen molar-refractivity contribution in [2.75, 3.05) is 6.61 Å². The van der Waals surface area contributed by atoms with E-state index in [0.717, 1.165) is 5.56 Å². The summed E-state index contributed by atoms with van der Waals surface area (Å²) in [6, 6.07) is 16.3. The van der Waals surface area contributed by atoms with Crippen LogP contribution in [-0.2, 0) is 16.2 Å². The molecule has 2 aromatic rings. The third-order valence-corrected chi connectivity index (χ3v) is 3.04. The van der Waals surface area contributed by atoms with Crippen LogP contribution in [0.15, 0.2) is 66.2 Å². The van der Waals surface area contributed by atoms with Crippen LogP contribution in [0.4, 0.5) is 0 Å². The first-order valence-corrected chi connectivity index (χ1v) is 7.11. The van der Waals surface area contributed by atoms with E-state index >= 15 is 0 Å². The molecule has 6 nitrogen and oxygen atoms in total. The average molecular weight is 328 g/mol. The molecule has 124 valence electrons. The van der Waals surface area contributed by atoms with Gasteiger partial charge in [0, 0.05) is 6.08 Å². The molecule has 0 fully saturated rings. The van der Waals surface area contributed by atoms with Crippen LogP contribution in [0.25, 0.3) is 0 Å². The molecule has 0 bridgehead atoms. The quantitative estimate of drug-likeness (QED) is 0.724. The molecule has 2 N–H and O–H groups in total. The Labute approximate surface area is 138 Å². The molecule has 0 unspecified atom stereocenters. The first-order chi connectivity index (χ1) is 11.6. The molecule has 0 aliphatic heterocycles. The van der Waals surface area contributed by atoms with Gasteiger partial charge in [0.05, 0.1) is 5.57 Å². The average Bonchev–Trinajstić information content (AvgIpc) is 2.58. The SMILES string of the molecule is O=C(O)/C=C(\COc1ccccc1OCc1ccccc1)C(=O)O. The van der Waals surface area contributed by atoms with Crippen molar-refractivity contribution in [3.8, 4) is 11.5 Å². The number of carboxylic acid groups (broad SMARTS) is 2. The lowest BCUT2D eigenvalue weighted by Gasteiger charge is -2.13. The van der Waals surface area contributed by atoms with Gasteiger partial charge in [-0.2, -0.15) is 0 Å². The molecule has 0 heterocycles. The third kappa shape index (κ3) is 5.17. The maximum Gasteiger partial charge on any atom is 0.335 e. The van der Waals surface area contributed by atoms with Crippen LogP contribution in [0.5, 0.6) is 11.5 Å². The van der Waals surface area contributed by atoms with Crippen LogP contribution in [0.1, 0.15) is 5.56 Å². The molecule has 0 amide bonds. The predicted octanol–water partition coefficient (Wildman–Crippen LogP) is 2.74. The summed E-state index contributed by atoms with van der Waals surface area (Å²) >= 11 is 0. The van der Waals surface area contributed by atoms with Crippen LogP contribution in [0.2, 0.25) is 0 Å². The van der Waals surface area contributed by atoms with Crippen molar-refractivity contribution in [3.05, 3.63) is 71.8 Å². The van der Waals surface area contributed by atoms with E-state index in [4.69, 9.17) is 19.7 Å². The number of aliphatic carboxylic acids is 2. The van der Waals surface area contributed by atoms with Crippen molar-refractivity contribution in [1.82, 2.24) is 0 Å². The van der Waals surface area contributed by atoms with Gasteiger partial charge in [-0.3, -0.25) is 0 Å². The van der Waals surface area contributed by atoms with Gasteiger partial charge in [0.15, 0.2) is 11.5 Å². The minimum absolute atomic E-state index is 0.331. The number of ether oxygens (including phenoxy) is 2. The minimum atomic E-state index is -1.35. The van der Waals surface area contributed by atoms with Crippen LogP contribution in [-0.4, -0.2) is 28.8 Å². The topological polar surface area (TPSA) is 93.1 Å². The molecule has 0 spiro atoms. The number of rotatable bonds is 8. The molecule has 2 rings (SSSR count). The monoisotopic (exact) mass is 328 g/mol. The Morgan fingerprint density at radius 3 is 2.04 bits per heavy atom. The molecular weight excluding hydrogens is 312 g/mol. The van der Waals surface area contributed by atoms with Gasteiger partial charge < -0.3 is 19.7 Å². The van der Waals surface area contributed by atoms with E-state index in [1.807, 2.05) is 30.3 Å². The summed E-state index contributed by atoms with van der Waals surface area (Å²) in [6.45, 7) is -0.0503. The minimum Gasteiger partial charge on any atom is -0.485 e. The molecule has 6 heteroatoms. The van der Waals surface area contributed by atoms with Crippen LogP contribution in [0.3, 0.4) is 0 Å². The number of hydrogen-bond donors (Lipinski definition) is 2. The Morgan fingerprint density at radius 2 is 1.46 bits per heavy atom. The fraction of sp³-hybridized carbons (Fsp3) is 0.111. The Kier molecular flexibility index (Phi) is 5.96. The number of benzene rings is 2. The van der Waals surface area contributed by atoms with Crippen molar-refractivity contribution in [1.29, 1.82) is 0 Å². The van der Waals surface area contributed by atoms with Crippen molar-refractivity contribution < 1.29 is 29.3 Å². The fourth-order valence-corrected chi connectivity index (χ4v) is 1.89. The summed E-state index contributed by atoms with van der Waals surface area (Å²) in [5.41, 5.74) is 0.615. The molecule has 0 radical (unpaired) electrons. The molecule has 24 heavy (non-hydrogen) atoms. The highest BCUT2D eigenvalue weighted by Gasteiger charge is 2.12. The second-order valence-electron chi connectivity index (χ2n) is 4.82. The van der Waals surface area contributed by atoms with E-state index in [1.165, 1.54) is 0 Å². The maximum atomic E-state index is 11.0. The van der Waals surface area contributed by atoms with Gasteiger partial charge in [0.2, 0.25) is 0 Å². The summed E-state index contributed by atoms with van der Waals surface area (Å²) in [5.74, 6) is -1.91. The largest absolute Gasteiger partial charge is 0.485 e. The molecule has 0 aromatic heterocycles. The summed E-state index contributed by atoms with van der Waals surface area (Å²) in [7, 11) is 0. The van der Waals surface area contributed by atoms with Gasteiger partial charge >= 0.3 is 11.9 Å². The van der Waals surface area contributed by atoms with E-state index in [9.17, 15) is 9.59 Å². The lowest BCUT2D eigenvalue weighted by molar-refractivity contribution is -0.135. The molecule has 0 aliphatic carbocycles. The van der Waals surface area contributed by atoms with Crippen molar-refractivity contribution in [3.63, 3.8) is 0 Å². The Balaban J connectivity index is 2.05. The zero-order valence-corrected chi connectivity index (χ0v) is 12.7. The van der Waals surface area contributed by atoms with Crippen molar-refractivity contribution in [2.24, 2.45) is 0 Å². The zero-order chi connectivity index (χ0) is 17.4. The maximum absolute atomic E-state index is 11.0. The number of hydrogen-bond acceptors (Lipinski definition) is 4. The van der Waals surface area contributed by atoms with Crippen LogP contribution >= 0.6 is 0 Å². The molecule has 2 aromatic carbocycles. The summed E-state index contributed by atoms with van der Waals surface area (Å²) in [4.78, 5) is 21.6. The first kappa shape index (κ1) is 17.1. The highest BCUT2D eigenvalue weighted by Crippen LogP contribution is 2.27. The van der Waals surface area contributed by atoms with E-state index in [-0.39, 0.29) is 12.2 Å². The lowest BCUT2D eigenvalue weighted by Crippen LogP contribution is -2.12. The van der Waals surface area contributed by atoms with Gasteiger partial charge in [0.1, 0.15) is 13.2 Å². The van der Waals surface area contributed by atoms with Crippen LogP contribution in [0, 0.1) is 0 Å². The predicted molar refractivity (Wildman–Crippen MR) is 86.1 cm³/mol. The summed E-state index contributed by atoms with van der Waals surface area (Å²) in [5, 5.41) is 17.7. The Morgan fingerprint density at radius 1 is 0.875 bits per heavy atom. The molecule has 0 saturated carbocycles. The molecule has 0 atom stereocenters. The molecule has 0 saturated heterocycles. The Hall–Kier alpha value is -3.28. The Bertz CT molecular complexity index is 736. The normalized spacial score (nSPS) is 10.9. The van der Waals surface area contributed by atoms with Crippen molar-refractivity contribution in [2.45, 2.75) is 6.61 Å². The third-order valence-electron chi connectivity index (χ3n) is 3.04. The van der Waals surface area contributed by atoms with Crippen LogP contribution < -0.4 is 9.47 Å². The highest BCUT2D eigenvalue weighted by molar-refractivity contribution is 5.94. The fourth-order valence-electron chi connectivity index (χ4n) is 1.89. The standard InChI is InChI=1S/C18H16O6/c19-17(20)10-14(18(21)22)12-24-16-9-5-4-8-15(16)23-11-13-6-2-1-3-7-13/h1-10H,11-12H2,(H,19,20)(H,21,22)/b14-10+. The molecular formula is C18H16O6. The van der Waals surface area contributed by atoms with E-state index in [0.29, 0.717) is 24.2 Å². The zero-order valence-electron chi connectivity index (χ0n) is 12.7. The van der Waals surface area contributed by atoms with Gasteiger partial charge in [-0.15, -0.1) is 0 Å². The second-order valence-corrected chi connectivity index (χ2v) is 4.82. The van der Waals surface area contributed by atoms with Crippen molar-refractivity contribution >= 4 is 11.9 Å². The smallest absolute Gasteiger partial charge is 0.335 e. The second kappa shape index (κ2) is 8.38. The lowest BCUT2D eigenvalue weighted by atomic mass is 10.2. The number of para-hydroxylation sites is 2. The van der Waals surface area contributed by atoms with E-state index in [2.05, 4.69) is 0 Å². The van der Waals surface area contributed by atoms with Gasteiger partial charge in [-0.1, -0.05) is 42.5 Å².